The van der Waals surface area contributed by atoms with Crippen LogP contribution >= 0.6 is 0 Å². The fraction of sp³-hybridized carbons (Fsp3) is 0.543. The number of nitrogens with zero attached hydrogens (tertiary/aromatic N) is 2. The number of aromatic amines is 1. The third-order valence-corrected chi connectivity index (χ3v) is 9.94. The first-order valence-corrected chi connectivity index (χ1v) is 16.0. The van der Waals surface area contributed by atoms with Crippen LogP contribution in [0.1, 0.15) is 69.1 Å². The smallest absolute Gasteiger partial charge is 0.361 e. The van der Waals surface area contributed by atoms with Crippen molar-refractivity contribution in [2.75, 3.05) is 19.6 Å². The molecule has 0 aliphatic heterocycles. The van der Waals surface area contributed by atoms with Crippen molar-refractivity contribution < 1.29 is 22.8 Å². The molecule has 44 heavy (non-hydrogen) atoms. The van der Waals surface area contributed by atoms with Crippen molar-refractivity contribution >= 4 is 22.8 Å². The number of urea groups is 1. The van der Waals surface area contributed by atoms with Crippen molar-refractivity contribution in [3.8, 4) is 0 Å². The van der Waals surface area contributed by atoms with Crippen LogP contribution in [0.15, 0.2) is 54.7 Å². The molecule has 3 amide bonds. The Labute approximate surface area is 257 Å². The van der Waals surface area contributed by atoms with Crippen molar-refractivity contribution in [3.63, 3.8) is 0 Å². The second-order valence-corrected chi connectivity index (χ2v) is 14.0. The summed E-state index contributed by atoms with van der Waals surface area (Å²) in [4.78, 5) is 34.4. The number of rotatable bonds is 10. The zero-order chi connectivity index (χ0) is 31.1. The van der Waals surface area contributed by atoms with Crippen LogP contribution in [-0.2, 0) is 23.9 Å². The Hall–Kier alpha value is -3.49. The number of halogens is 3. The molecule has 1 heterocycles. The van der Waals surface area contributed by atoms with Crippen molar-refractivity contribution in [2.24, 2.45) is 23.7 Å². The molecule has 6 nitrogen and oxygen atoms in total. The summed E-state index contributed by atoms with van der Waals surface area (Å²) in [7, 11) is 0. The lowest BCUT2D eigenvalue weighted by atomic mass is 9.53. The van der Waals surface area contributed by atoms with E-state index in [0.29, 0.717) is 42.8 Å². The topological polar surface area (TPSA) is 68.4 Å². The zero-order valence-electron chi connectivity index (χ0n) is 25.6. The van der Waals surface area contributed by atoms with E-state index in [-0.39, 0.29) is 36.5 Å². The molecule has 4 bridgehead atoms. The molecule has 4 saturated carbocycles. The fourth-order valence-electron chi connectivity index (χ4n) is 8.40. The highest BCUT2D eigenvalue weighted by atomic mass is 19.4. The van der Waals surface area contributed by atoms with Gasteiger partial charge < -0.3 is 20.1 Å². The fourth-order valence-corrected chi connectivity index (χ4v) is 8.40. The summed E-state index contributed by atoms with van der Waals surface area (Å²) >= 11 is 0. The summed E-state index contributed by atoms with van der Waals surface area (Å²) < 4.78 is 39.6. The molecule has 0 unspecified atom stereocenters. The molecule has 9 heteroatoms. The first-order valence-electron chi connectivity index (χ1n) is 16.0. The predicted octanol–water partition coefficient (Wildman–Crippen LogP) is 7.39. The minimum atomic E-state index is -4.43. The molecule has 4 fully saturated rings. The maximum absolute atomic E-state index is 14.0. The number of alkyl halides is 3. The minimum absolute atomic E-state index is 0.0785. The number of hydrogen-bond acceptors (Lipinski definition) is 2. The van der Waals surface area contributed by atoms with Crippen LogP contribution in [0.2, 0.25) is 0 Å². The SMILES string of the molecule is CC(C)CN(CC(=O)N(CCc1c[nH]c2ccccc12)Cc1ccc(C(F)(F)F)cc1)C(=O)NC12CC3CC(CC(C3)C1)C2. The van der Waals surface area contributed by atoms with Gasteiger partial charge in [-0.15, -0.1) is 0 Å². The highest BCUT2D eigenvalue weighted by Crippen LogP contribution is 2.55. The van der Waals surface area contributed by atoms with E-state index in [4.69, 9.17) is 0 Å². The van der Waals surface area contributed by atoms with Gasteiger partial charge in [-0.05, 0) is 97.9 Å². The second-order valence-electron chi connectivity index (χ2n) is 14.0. The molecule has 7 rings (SSSR count). The molecule has 0 atom stereocenters. The summed E-state index contributed by atoms with van der Waals surface area (Å²) in [6.07, 6.45) is 4.99. The molecular formula is C35H43F3N4O2. The van der Waals surface area contributed by atoms with Crippen LogP contribution in [0.4, 0.5) is 18.0 Å². The van der Waals surface area contributed by atoms with Crippen molar-refractivity contribution in [1.29, 1.82) is 0 Å². The average Bonchev–Trinajstić information content (AvgIpc) is 3.36. The molecule has 0 spiro atoms. The van der Waals surface area contributed by atoms with E-state index < -0.39 is 11.7 Å². The standard InChI is InChI=1S/C35H43F3N4O2/c1-23(2)20-42(33(44)40-34-16-25-13-26(17-34)15-27(14-25)18-34)22-32(43)41(21-24-7-9-29(10-8-24)35(36,37)38)12-11-28-19-39-31-6-4-3-5-30(28)31/h3-10,19,23,25-27,39H,11-18,20-22H2,1-2H3,(H,40,44). The summed E-state index contributed by atoms with van der Waals surface area (Å²) in [6.45, 7) is 4.96. The van der Waals surface area contributed by atoms with Gasteiger partial charge in [-0.25, -0.2) is 4.79 Å². The van der Waals surface area contributed by atoms with Gasteiger partial charge in [-0.1, -0.05) is 44.2 Å². The molecule has 3 aromatic rings. The largest absolute Gasteiger partial charge is 0.416 e. The third kappa shape index (κ3) is 6.76. The number of amides is 3. The van der Waals surface area contributed by atoms with Crippen molar-refractivity contribution in [1.82, 2.24) is 20.1 Å². The molecule has 4 aliphatic rings. The van der Waals surface area contributed by atoms with Crippen LogP contribution in [0.5, 0.6) is 0 Å². The van der Waals surface area contributed by atoms with E-state index >= 15 is 0 Å². The Morgan fingerprint density at radius 1 is 0.955 bits per heavy atom. The van der Waals surface area contributed by atoms with Crippen LogP contribution in [0.3, 0.4) is 0 Å². The summed E-state index contributed by atoms with van der Waals surface area (Å²) in [5, 5.41) is 4.50. The van der Waals surface area contributed by atoms with E-state index in [9.17, 15) is 22.8 Å². The van der Waals surface area contributed by atoms with Gasteiger partial charge in [-0.2, -0.15) is 13.2 Å². The van der Waals surface area contributed by atoms with Crippen molar-refractivity contribution in [3.05, 3.63) is 71.4 Å². The predicted molar refractivity (Wildman–Crippen MR) is 165 cm³/mol. The molecule has 4 aliphatic carbocycles. The van der Waals surface area contributed by atoms with Gasteiger partial charge in [0.05, 0.1) is 5.56 Å². The van der Waals surface area contributed by atoms with Gasteiger partial charge in [-0.3, -0.25) is 4.79 Å². The monoisotopic (exact) mass is 608 g/mol. The van der Waals surface area contributed by atoms with Gasteiger partial charge in [0.25, 0.3) is 0 Å². The number of para-hydroxylation sites is 1. The lowest BCUT2D eigenvalue weighted by Crippen LogP contribution is -2.62. The molecule has 2 aromatic carbocycles. The first kappa shape index (κ1) is 30.5. The molecule has 0 saturated heterocycles. The normalized spacial score (nSPS) is 24.2. The number of hydrogen-bond donors (Lipinski definition) is 2. The highest BCUT2D eigenvalue weighted by Gasteiger charge is 2.52. The van der Waals surface area contributed by atoms with Gasteiger partial charge in [0.2, 0.25) is 5.91 Å². The third-order valence-electron chi connectivity index (χ3n) is 9.94. The van der Waals surface area contributed by atoms with Gasteiger partial charge in [0.15, 0.2) is 0 Å². The number of carbonyl (C=O) groups is 2. The Morgan fingerprint density at radius 3 is 2.20 bits per heavy atom. The number of carbonyl (C=O) groups excluding carboxylic acids is 2. The molecule has 2 N–H and O–H groups in total. The second kappa shape index (κ2) is 12.1. The molecule has 1 aromatic heterocycles. The Balaban J connectivity index is 1.19. The highest BCUT2D eigenvalue weighted by molar-refractivity contribution is 5.85. The summed E-state index contributed by atoms with van der Waals surface area (Å²) in [6, 6.07) is 12.8. The Bertz CT molecular complexity index is 1440. The molecule has 0 radical (unpaired) electrons. The number of fused-ring (bicyclic) bond motifs is 1. The van der Waals surface area contributed by atoms with E-state index in [1.807, 2.05) is 44.3 Å². The molecule has 236 valence electrons. The summed E-state index contributed by atoms with van der Waals surface area (Å²) in [5.74, 6) is 2.01. The van der Waals surface area contributed by atoms with E-state index in [0.717, 1.165) is 47.9 Å². The van der Waals surface area contributed by atoms with Crippen molar-refractivity contribution in [2.45, 2.75) is 77.1 Å². The zero-order valence-corrected chi connectivity index (χ0v) is 25.6. The van der Waals surface area contributed by atoms with Gasteiger partial charge >= 0.3 is 12.2 Å². The number of benzene rings is 2. The summed E-state index contributed by atoms with van der Waals surface area (Å²) in [5.41, 5.74) is 1.79. The van der Waals surface area contributed by atoms with Gasteiger partial charge in [0, 0.05) is 42.3 Å². The van der Waals surface area contributed by atoms with Crippen LogP contribution in [0.25, 0.3) is 10.9 Å². The lowest BCUT2D eigenvalue weighted by Gasteiger charge is -2.57. The Kier molecular flexibility index (Phi) is 8.42. The number of nitrogens with one attached hydrogen (secondary N) is 2. The minimum Gasteiger partial charge on any atom is -0.361 e. The van der Waals surface area contributed by atoms with Crippen LogP contribution in [0, 0.1) is 23.7 Å². The maximum atomic E-state index is 14.0. The van der Waals surface area contributed by atoms with Crippen LogP contribution < -0.4 is 5.32 Å². The average molecular weight is 609 g/mol. The maximum Gasteiger partial charge on any atom is 0.416 e. The van der Waals surface area contributed by atoms with E-state index in [1.54, 1.807) is 9.80 Å². The number of H-pyrrole nitrogens is 1. The lowest BCUT2D eigenvalue weighted by molar-refractivity contribution is -0.137. The van der Waals surface area contributed by atoms with Gasteiger partial charge in [0.1, 0.15) is 6.54 Å². The number of aromatic nitrogens is 1. The van der Waals surface area contributed by atoms with E-state index in [1.165, 1.54) is 31.4 Å². The van der Waals surface area contributed by atoms with Crippen LogP contribution in [-0.4, -0.2) is 51.9 Å². The molecular weight excluding hydrogens is 565 g/mol. The van der Waals surface area contributed by atoms with E-state index in [2.05, 4.69) is 10.3 Å². The Morgan fingerprint density at radius 2 is 1.59 bits per heavy atom. The first-order chi connectivity index (χ1) is 21.0. The quantitative estimate of drug-likeness (QED) is 0.252.